The van der Waals surface area contributed by atoms with Crippen molar-refractivity contribution in [1.82, 2.24) is 9.99 Å². The smallest absolute Gasteiger partial charge is 0.328 e. The molecule has 3 aromatic rings. The third-order valence-corrected chi connectivity index (χ3v) is 5.35. The Bertz CT molecular complexity index is 1110. The molecule has 3 N–H and O–H groups in total. The number of hydrogen-bond acceptors (Lipinski definition) is 4. The molecule has 0 radical (unpaired) electrons. The Morgan fingerprint density at radius 3 is 2.39 bits per heavy atom. The molecule has 0 bridgehead atoms. The molecule has 0 atom stereocenters. The summed E-state index contributed by atoms with van der Waals surface area (Å²) in [6.07, 6.45) is 0.580. The van der Waals surface area contributed by atoms with Gasteiger partial charge in [0.1, 0.15) is 5.69 Å². The second kappa shape index (κ2) is 10.6. The molecule has 2 aromatic carbocycles. The predicted molar refractivity (Wildman–Crippen MR) is 126 cm³/mol. The number of ether oxygens (including phenoxy) is 1. The van der Waals surface area contributed by atoms with Gasteiger partial charge in [-0.15, -0.1) is 0 Å². The van der Waals surface area contributed by atoms with Gasteiger partial charge in [-0.1, -0.05) is 31.9 Å². The number of aromatic nitrogens is 1. The van der Waals surface area contributed by atoms with Crippen LogP contribution in [0.15, 0.2) is 57.5 Å². The molecule has 1 aromatic heterocycles. The molecule has 0 aliphatic rings. The number of hydrogen-bond donors (Lipinski definition) is 3. The van der Waals surface area contributed by atoms with Gasteiger partial charge in [-0.25, -0.2) is 4.68 Å². The number of fused-ring (bicyclic) bond motifs is 1. The number of anilines is 1. The number of amides is 3. The lowest BCUT2D eigenvalue weighted by molar-refractivity contribution is -0.136. The van der Waals surface area contributed by atoms with Gasteiger partial charge in [0.05, 0.1) is 5.52 Å². The van der Waals surface area contributed by atoms with E-state index in [4.69, 9.17) is 4.74 Å². The van der Waals surface area contributed by atoms with Crippen molar-refractivity contribution in [3.8, 4) is 0 Å². The van der Waals surface area contributed by atoms with Gasteiger partial charge in [0.15, 0.2) is 0 Å². The second-order valence-corrected chi connectivity index (χ2v) is 8.40. The fourth-order valence-electron chi connectivity index (χ4n) is 2.85. The van der Waals surface area contributed by atoms with Gasteiger partial charge in [-0.3, -0.25) is 19.8 Å². The number of benzene rings is 2. The number of carbonyl (C=O) groups excluding carboxylic acids is 3. The lowest BCUT2D eigenvalue weighted by Gasteiger charge is -2.13. The molecule has 31 heavy (non-hydrogen) atoms. The summed E-state index contributed by atoms with van der Waals surface area (Å²) in [5.41, 5.74) is 3.86. The van der Waals surface area contributed by atoms with Gasteiger partial charge in [0, 0.05) is 40.3 Å². The summed E-state index contributed by atoms with van der Waals surface area (Å²) in [7, 11) is 1.56. The van der Waals surface area contributed by atoms with Crippen molar-refractivity contribution in [3.63, 3.8) is 0 Å². The van der Waals surface area contributed by atoms with Crippen molar-refractivity contribution < 1.29 is 19.1 Å². The summed E-state index contributed by atoms with van der Waals surface area (Å²) in [6, 6.07) is 14.1. The number of halogens is 2. The average Bonchev–Trinajstić information content (AvgIpc) is 3.10. The average molecular weight is 552 g/mol. The summed E-state index contributed by atoms with van der Waals surface area (Å²) in [4.78, 5) is 37.5. The van der Waals surface area contributed by atoms with Crippen LogP contribution in [0.1, 0.15) is 16.9 Å². The summed E-state index contributed by atoms with van der Waals surface area (Å²) < 4.78 is 7.93. The molecular weight excluding hydrogens is 532 g/mol. The zero-order valence-corrected chi connectivity index (χ0v) is 19.7. The highest BCUT2D eigenvalue weighted by atomic mass is 79.9. The summed E-state index contributed by atoms with van der Waals surface area (Å²) in [5.74, 6) is -2.11. The van der Waals surface area contributed by atoms with Crippen LogP contribution in [0.3, 0.4) is 0 Å². The molecular formula is C21H20Br2N4O4. The maximum absolute atomic E-state index is 12.9. The summed E-state index contributed by atoms with van der Waals surface area (Å²) in [6.45, 7) is 0.774. The van der Waals surface area contributed by atoms with Crippen molar-refractivity contribution in [2.45, 2.75) is 6.42 Å². The van der Waals surface area contributed by atoms with E-state index in [1.807, 2.05) is 6.07 Å². The van der Waals surface area contributed by atoms with E-state index in [9.17, 15) is 14.4 Å². The van der Waals surface area contributed by atoms with Crippen LogP contribution >= 0.6 is 31.9 Å². The molecule has 8 nitrogen and oxygen atoms in total. The zero-order valence-electron chi connectivity index (χ0n) is 16.6. The normalized spacial score (nSPS) is 10.7. The first-order chi connectivity index (χ1) is 14.9. The molecule has 0 saturated heterocycles. The monoisotopic (exact) mass is 550 g/mol. The molecule has 0 fully saturated rings. The highest BCUT2D eigenvalue weighted by Gasteiger charge is 2.21. The lowest BCUT2D eigenvalue weighted by atomic mass is 10.2. The summed E-state index contributed by atoms with van der Waals surface area (Å²) in [5, 5.41) is 6.04. The third-order valence-electron chi connectivity index (χ3n) is 4.33. The topological polar surface area (TPSA) is 101 Å². The minimum Gasteiger partial charge on any atom is -0.385 e. The number of methoxy groups -OCH3 is 1. The van der Waals surface area contributed by atoms with Crippen molar-refractivity contribution >= 4 is 66.2 Å². The van der Waals surface area contributed by atoms with Gasteiger partial charge in [-0.2, -0.15) is 0 Å². The Morgan fingerprint density at radius 1 is 0.968 bits per heavy atom. The molecule has 0 spiro atoms. The van der Waals surface area contributed by atoms with E-state index in [1.165, 1.54) is 4.68 Å². The molecule has 1 heterocycles. The van der Waals surface area contributed by atoms with Crippen molar-refractivity contribution in [3.05, 3.63) is 63.2 Å². The zero-order chi connectivity index (χ0) is 22.4. The number of nitrogens with zero attached hydrogens (tertiary/aromatic N) is 1. The lowest BCUT2D eigenvalue weighted by Crippen LogP contribution is -2.40. The quantitative estimate of drug-likeness (QED) is 0.308. The van der Waals surface area contributed by atoms with Crippen LogP contribution in [0.25, 0.3) is 10.9 Å². The third kappa shape index (κ3) is 5.93. The first kappa shape index (κ1) is 23.0. The molecule has 0 aliphatic heterocycles. The van der Waals surface area contributed by atoms with E-state index < -0.39 is 17.7 Å². The first-order valence-electron chi connectivity index (χ1n) is 9.35. The van der Waals surface area contributed by atoms with E-state index in [0.29, 0.717) is 30.8 Å². The van der Waals surface area contributed by atoms with E-state index in [2.05, 4.69) is 47.9 Å². The fourth-order valence-corrected chi connectivity index (χ4v) is 3.50. The predicted octanol–water partition coefficient (Wildman–Crippen LogP) is 3.64. The van der Waals surface area contributed by atoms with E-state index in [0.717, 1.165) is 14.3 Å². The van der Waals surface area contributed by atoms with Crippen LogP contribution in [0.4, 0.5) is 5.69 Å². The maximum Gasteiger partial charge on any atom is 0.328 e. The molecule has 3 rings (SSSR count). The fraction of sp³-hybridized carbons (Fsp3) is 0.190. The SMILES string of the molecule is COCCCNC(=O)C(=O)Nn1c(C(=O)Nc2ccc(Br)cc2)cc2cc(Br)ccc21. The minimum atomic E-state index is -0.879. The number of rotatable bonds is 7. The largest absolute Gasteiger partial charge is 0.385 e. The van der Waals surface area contributed by atoms with Gasteiger partial charge in [0.2, 0.25) is 0 Å². The van der Waals surface area contributed by atoms with E-state index in [-0.39, 0.29) is 5.69 Å². The van der Waals surface area contributed by atoms with Crippen LogP contribution in [-0.2, 0) is 14.3 Å². The van der Waals surface area contributed by atoms with E-state index in [1.54, 1.807) is 49.6 Å². The molecule has 3 amide bonds. The molecule has 10 heteroatoms. The first-order valence-corrected chi connectivity index (χ1v) is 10.9. The van der Waals surface area contributed by atoms with E-state index >= 15 is 0 Å². The van der Waals surface area contributed by atoms with Gasteiger partial charge in [0.25, 0.3) is 5.91 Å². The van der Waals surface area contributed by atoms with Crippen molar-refractivity contribution in [2.24, 2.45) is 0 Å². The van der Waals surface area contributed by atoms with Crippen molar-refractivity contribution in [2.75, 3.05) is 31.0 Å². The molecule has 0 aliphatic carbocycles. The van der Waals surface area contributed by atoms with Crippen molar-refractivity contribution in [1.29, 1.82) is 0 Å². The van der Waals surface area contributed by atoms with Gasteiger partial charge >= 0.3 is 11.8 Å². The molecule has 162 valence electrons. The summed E-state index contributed by atoms with van der Waals surface area (Å²) >= 11 is 6.75. The molecule has 0 saturated carbocycles. The second-order valence-electron chi connectivity index (χ2n) is 6.57. The Morgan fingerprint density at radius 2 is 1.68 bits per heavy atom. The number of carbonyl (C=O) groups is 3. The Labute approximate surface area is 195 Å². The van der Waals surface area contributed by atoms with Gasteiger partial charge < -0.3 is 15.4 Å². The standard InChI is InChI=1S/C21H20Br2N4O4/c1-31-10-2-9-24-20(29)21(30)26-27-17-8-5-15(23)11-13(17)12-18(27)19(28)25-16-6-3-14(22)4-7-16/h3-8,11-12H,2,9-10H2,1H3,(H,24,29)(H,25,28)(H,26,30). The van der Waals surface area contributed by atoms with Crippen LogP contribution < -0.4 is 16.1 Å². The highest BCUT2D eigenvalue weighted by molar-refractivity contribution is 9.10. The maximum atomic E-state index is 12.9. The minimum absolute atomic E-state index is 0.177. The number of nitrogens with one attached hydrogen (secondary N) is 3. The van der Waals surface area contributed by atoms with Crippen LogP contribution in [-0.4, -0.2) is 42.7 Å². The Hall–Kier alpha value is -2.69. The Balaban J connectivity index is 1.84. The van der Waals surface area contributed by atoms with Crippen LogP contribution in [0.5, 0.6) is 0 Å². The molecule has 0 unspecified atom stereocenters. The van der Waals surface area contributed by atoms with Gasteiger partial charge in [-0.05, 0) is 55.0 Å². The van der Waals surface area contributed by atoms with Crippen LogP contribution in [0.2, 0.25) is 0 Å². The van der Waals surface area contributed by atoms with Crippen LogP contribution in [0, 0.1) is 0 Å². The highest BCUT2D eigenvalue weighted by Crippen LogP contribution is 2.24. The Kier molecular flexibility index (Phi) is 7.83.